The van der Waals surface area contributed by atoms with E-state index in [1.54, 1.807) is 30.5 Å². The van der Waals surface area contributed by atoms with Gasteiger partial charge in [-0.2, -0.15) is 4.98 Å². The number of hydrogen-bond donors (Lipinski definition) is 0. The fourth-order valence-electron chi connectivity index (χ4n) is 2.32. The number of carbonyl (C=O) groups excluding carboxylic acids is 1. The number of nitrogens with zero attached hydrogens (tertiary/aromatic N) is 3. The van der Waals surface area contributed by atoms with E-state index in [1.807, 2.05) is 12.3 Å². The second-order valence-corrected chi connectivity index (χ2v) is 6.65. The van der Waals surface area contributed by atoms with Crippen molar-refractivity contribution in [2.75, 3.05) is 0 Å². The fraction of sp³-hybridized carbons (Fsp3) is 0.294. The number of rotatable bonds is 5. The van der Waals surface area contributed by atoms with E-state index in [0.717, 1.165) is 29.2 Å². The molecule has 1 aliphatic carbocycles. The molecule has 3 aromatic rings. The van der Waals surface area contributed by atoms with Crippen LogP contribution in [0.15, 0.2) is 40.4 Å². The highest BCUT2D eigenvalue weighted by molar-refractivity contribution is 7.09. The second kappa shape index (κ2) is 6.16. The van der Waals surface area contributed by atoms with E-state index in [1.165, 1.54) is 11.3 Å². The molecule has 122 valence electrons. The van der Waals surface area contributed by atoms with Gasteiger partial charge >= 0.3 is 5.97 Å². The molecule has 0 radical (unpaired) electrons. The lowest BCUT2D eigenvalue weighted by Crippen LogP contribution is -2.08. The Bertz CT molecular complexity index is 838. The predicted molar refractivity (Wildman–Crippen MR) is 87.7 cm³/mol. The van der Waals surface area contributed by atoms with Crippen LogP contribution in [0.1, 0.15) is 53.0 Å². The Balaban J connectivity index is 1.45. The first-order chi connectivity index (χ1) is 11.7. The summed E-state index contributed by atoms with van der Waals surface area (Å²) in [5.41, 5.74) is 1.27. The predicted octanol–water partition coefficient (Wildman–Crippen LogP) is 3.99. The molecule has 1 aliphatic rings. The van der Waals surface area contributed by atoms with Crippen LogP contribution < -0.4 is 0 Å². The van der Waals surface area contributed by atoms with Gasteiger partial charge in [0, 0.05) is 23.1 Å². The van der Waals surface area contributed by atoms with E-state index in [2.05, 4.69) is 15.1 Å². The number of benzene rings is 1. The van der Waals surface area contributed by atoms with Gasteiger partial charge in [0.25, 0.3) is 5.89 Å². The van der Waals surface area contributed by atoms with Crippen molar-refractivity contribution in [1.29, 1.82) is 0 Å². The number of thiazole rings is 1. The molecule has 6 nitrogen and oxygen atoms in total. The molecule has 4 rings (SSSR count). The van der Waals surface area contributed by atoms with Gasteiger partial charge in [0.1, 0.15) is 5.01 Å². The molecular formula is C17H15N3O3S. The van der Waals surface area contributed by atoms with Crippen LogP contribution in [0.4, 0.5) is 0 Å². The van der Waals surface area contributed by atoms with Gasteiger partial charge in [-0.05, 0) is 44.0 Å². The van der Waals surface area contributed by atoms with Crippen LogP contribution >= 0.6 is 11.3 Å². The van der Waals surface area contributed by atoms with Gasteiger partial charge in [0.15, 0.2) is 11.9 Å². The maximum absolute atomic E-state index is 12.2. The van der Waals surface area contributed by atoms with Gasteiger partial charge in [-0.1, -0.05) is 5.16 Å². The first kappa shape index (κ1) is 15.0. The maximum atomic E-state index is 12.2. The fourth-order valence-corrected chi connectivity index (χ4v) is 2.95. The van der Waals surface area contributed by atoms with Crippen LogP contribution in [-0.4, -0.2) is 21.1 Å². The Morgan fingerprint density at radius 3 is 2.79 bits per heavy atom. The van der Waals surface area contributed by atoms with Crippen molar-refractivity contribution in [3.63, 3.8) is 0 Å². The molecule has 0 unspecified atom stereocenters. The van der Waals surface area contributed by atoms with Crippen molar-refractivity contribution in [3.8, 4) is 11.5 Å². The normalized spacial score (nSPS) is 15.2. The van der Waals surface area contributed by atoms with Crippen molar-refractivity contribution in [2.24, 2.45) is 0 Å². The molecule has 2 heterocycles. The smallest absolute Gasteiger partial charge is 0.338 e. The van der Waals surface area contributed by atoms with Gasteiger partial charge in [-0.15, -0.1) is 11.3 Å². The summed E-state index contributed by atoms with van der Waals surface area (Å²) in [6, 6.07) is 6.98. The van der Waals surface area contributed by atoms with Crippen molar-refractivity contribution >= 4 is 17.3 Å². The quantitative estimate of drug-likeness (QED) is 0.653. The number of ether oxygens (including phenoxy) is 1. The second-order valence-electron chi connectivity index (χ2n) is 5.73. The Labute approximate surface area is 142 Å². The zero-order valence-corrected chi connectivity index (χ0v) is 13.8. The lowest BCUT2D eigenvalue weighted by Gasteiger charge is -2.10. The summed E-state index contributed by atoms with van der Waals surface area (Å²) in [6.45, 7) is 1.81. The molecule has 0 bridgehead atoms. The van der Waals surface area contributed by atoms with Crippen molar-refractivity contribution in [2.45, 2.75) is 31.8 Å². The summed E-state index contributed by atoms with van der Waals surface area (Å²) < 4.78 is 10.7. The zero-order valence-electron chi connectivity index (χ0n) is 13.0. The Morgan fingerprint density at radius 2 is 2.12 bits per heavy atom. The van der Waals surface area contributed by atoms with E-state index in [-0.39, 0.29) is 12.1 Å². The Hall–Kier alpha value is -2.54. The summed E-state index contributed by atoms with van der Waals surface area (Å²) in [6.07, 6.45) is 3.58. The average molecular weight is 341 g/mol. The van der Waals surface area contributed by atoms with E-state index >= 15 is 0 Å². The largest absolute Gasteiger partial charge is 0.452 e. The molecule has 1 atom stereocenters. The topological polar surface area (TPSA) is 78.1 Å². The molecule has 24 heavy (non-hydrogen) atoms. The third kappa shape index (κ3) is 3.07. The maximum Gasteiger partial charge on any atom is 0.338 e. The highest BCUT2D eigenvalue weighted by Gasteiger charge is 2.29. The van der Waals surface area contributed by atoms with E-state index < -0.39 is 0 Å². The summed E-state index contributed by atoms with van der Waals surface area (Å²) in [5.74, 6) is 1.32. The van der Waals surface area contributed by atoms with E-state index in [9.17, 15) is 4.79 Å². The molecule has 1 aromatic carbocycles. The standard InChI is InChI=1S/C17H15N3O3S/c1-10(16-18-8-9-24-16)22-17(21)13-6-4-12(5-7-13)15-19-14(20-23-15)11-2-3-11/h4-11H,2-3H2,1H3/t10-/m1/s1. The van der Waals surface area contributed by atoms with Crippen molar-refractivity contribution < 1.29 is 14.1 Å². The van der Waals surface area contributed by atoms with Gasteiger partial charge in [-0.3, -0.25) is 0 Å². The first-order valence-electron chi connectivity index (χ1n) is 7.75. The summed E-state index contributed by atoms with van der Waals surface area (Å²) in [4.78, 5) is 20.8. The lowest BCUT2D eigenvalue weighted by molar-refractivity contribution is 0.0337. The van der Waals surface area contributed by atoms with Crippen LogP contribution in [0.2, 0.25) is 0 Å². The minimum absolute atomic E-state index is 0.366. The van der Waals surface area contributed by atoms with Gasteiger partial charge < -0.3 is 9.26 Å². The SMILES string of the molecule is C[C@@H](OC(=O)c1ccc(-c2nc(C3CC3)no2)cc1)c1nccs1. The number of hydrogen-bond acceptors (Lipinski definition) is 7. The molecule has 0 amide bonds. The minimum atomic E-state index is -0.381. The minimum Gasteiger partial charge on any atom is -0.452 e. The molecule has 2 aromatic heterocycles. The van der Waals surface area contributed by atoms with Crippen LogP contribution in [0.5, 0.6) is 0 Å². The first-order valence-corrected chi connectivity index (χ1v) is 8.63. The summed E-state index contributed by atoms with van der Waals surface area (Å²) in [7, 11) is 0. The van der Waals surface area contributed by atoms with Crippen molar-refractivity contribution in [1.82, 2.24) is 15.1 Å². The molecule has 1 fully saturated rings. The van der Waals surface area contributed by atoms with Gasteiger partial charge in [0.05, 0.1) is 5.56 Å². The summed E-state index contributed by atoms with van der Waals surface area (Å²) >= 11 is 1.46. The monoisotopic (exact) mass is 341 g/mol. The Morgan fingerprint density at radius 1 is 1.33 bits per heavy atom. The van der Waals surface area contributed by atoms with Crippen LogP contribution in [-0.2, 0) is 4.74 Å². The van der Waals surface area contributed by atoms with Gasteiger partial charge in [-0.25, -0.2) is 9.78 Å². The third-order valence-electron chi connectivity index (χ3n) is 3.83. The highest BCUT2D eigenvalue weighted by atomic mass is 32.1. The molecular weight excluding hydrogens is 326 g/mol. The van der Waals surface area contributed by atoms with Crippen molar-refractivity contribution in [3.05, 3.63) is 52.2 Å². The molecule has 7 heteroatoms. The average Bonchev–Trinajstić information content (AvgIpc) is 3.12. The number of esters is 1. The Kier molecular flexibility index (Phi) is 3.86. The molecule has 0 saturated heterocycles. The third-order valence-corrected chi connectivity index (χ3v) is 4.77. The molecule has 0 spiro atoms. The lowest BCUT2D eigenvalue weighted by atomic mass is 10.1. The van der Waals surface area contributed by atoms with E-state index in [0.29, 0.717) is 17.4 Å². The van der Waals surface area contributed by atoms with E-state index in [4.69, 9.17) is 9.26 Å². The van der Waals surface area contributed by atoms with Gasteiger partial charge in [0.2, 0.25) is 0 Å². The molecule has 1 saturated carbocycles. The molecule has 0 aliphatic heterocycles. The number of aromatic nitrogens is 3. The molecule has 0 N–H and O–H groups in total. The van der Waals surface area contributed by atoms with Crippen LogP contribution in [0, 0.1) is 0 Å². The van der Waals surface area contributed by atoms with Crippen LogP contribution in [0.3, 0.4) is 0 Å². The number of carbonyl (C=O) groups is 1. The highest BCUT2D eigenvalue weighted by Crippen LogP contribution is 2.38. The van der Waals surface area contributed by atoms with Crippen LogP contribution in [0.25, 0.3) is 11.5 Å². The summed E-state index contributed by atoms with van der Waals surface area (Å²) in [5, 5.41) is 6.63. The zero-order chi connectivity index (χ0) is 16.5.